The summed E-state index contributed by atoms with van der Waals surface area (Å²) in [5.74, 6) is 0.807. The predicted molar refractivity (Wildman–Crippen MR) is 76.3 cm³/mol. The average Bonchev–Trinajstić information content (AvgIpc) is 3.30. The molecule has 3 rings (SSSR count). The monoisotopic (exact) mass is 268 g/mol. The Kier molecular flexibility index (Phi) is 3.52. The van der Waals surface area contributed by atoms with Gasteiger partial charge in [0.15, 0.2) is 5.78 Å². The largest absolute Gasteiger partial charge is 0.491 e. The first-order valence-electron chi connectivity index (χ1n) is 6.69. The number of carbonyl (C=O) groups is 1. The van der Waals surface area contributed by atoms with Gasteiger partial charge in [-0.05, 0) is 36.8 Å². The lowest BCUT2D eigenvalue weighted by molar-refractivity contribution is 0.103. The van der Waals surface area contributed by atoms with E-state index >= 15 is 0 Å². The summed E-state index contributed by atoms with van der Waals surface area (Å²) in [6.07, 6.45) is 0.239. The molecule has 0 spiro atoms. The molecule has 0 saturated carbocycles. The molecule has 20 heavy (non-hydrogen) atoms. The van der Waals surface area contributed by atoms with Gasteiger partial charge < -0.3 is 9.47 Å². The molecule has 0 amide bonds. The average molecular weight is 268 g/mol. The van der Waals surface area contributed by atoms with Crippen molar-refractivity contribution >= 4 is 5.78 Å². The molecule has 1 atom stereocenters. The van der Waals surface area contributed by atoms with Crippen LogP contribution in [0.2, 0.25) is 0 Å². The summed E-state index contributed by atoms with van der Waals surface area (Å²) in [6.45, 7) is 3.30. The number of ether oxygens (including phenoxy) is 2. The molecular formula is C17H16O3. The molecule has 3 nitrogen and oxygen atoms in total. The summed E-state index contributed by atoms with van der Waals surface area (Å²) >= 11 is 0. The molecule has 0 bridgehead atoms. The van der Waals surface area contributed by atoms with Gasteiger partial charge in [0.25, 0.3) is 0 Å². The summed E-state index contributed by atoms with van der Waals surface area (Å²) < 4.78 is 10.6. The molecule has 2 aromatic carbocycles. The molecule has 1 unspecified atom stereocenters. The maximum absolute atomic E-state index is 12.4. The van der Waals surface area contributed by atoms with E-state index in [9.17, 15) is 4.79 Å². The van der Waals surface area contributed by atoms with E-state index in [1.807, 2.05) is 43.3 Å². The molecule has 3 heteroatoms. The van der Waals surface area contributed by atoms with Crippen LogP contribution in [-0.2, 0) is 4.74 Å². The van der Waals surface area contributed by atoms with Gasteiger partial charge in [-0.15, -0.1) is 0 Å². The molecule has 1 aliphatic heterocycles. The zero-order valence-corrected chi connectivity index (χ0v) is 11.3. The quantitative estimate of drug-likeness (QED) is 0.618. The van der Waals surface area contributed by atoms with Crippen LogP contribution >= 0.6 is 0 Å². The van der Waals surface area contributed by atoms with E-state index in [2.05, 4.69) is 0 Å². The van der Waals surface area contributed by atoms with E-state index in [1.165, 1.54) is 0 Å². The summed E-state index contributed by atoms with van der Waals surface area (Å²) in [7, 11) is 0. The molecule has 1 fully saturated rings. The smallest absolute Gasteiger partial charge is 0.193 e. The Hall–Kier alpha value is -2.13. The fourth-order valence-electron chi connectivity index (χ4n) is 2.04. The minimum absolute atomic E-state index is 0.0418. The molecule has 0 N–H and O–H groups in total. The van der Waals surface area contributed by atoms with Crippen molar-refractivity contribution in [3.8, 4) is 5.75 Å². The number of ketones is 1. The topological polar surface area (TPSA) is 38.8 Å². The van der Waals surface area contributed by atoms with Gasteiger partial charge in [-0.1, -0.05) is 24.3 Å². The number of aryl methyl sites for hydroxylation is 1. The van der Waals surface area contributed by atoms with Crippen LogP contribution in [0.4, 0.5) is 0 Å². The third-order valence-electron chi connectivity index (χ3n) is 3.34. The Balaban J connectivity index is 1.73. The highest BCUT2D eigenvalue weighted by molar-refractivity contribution is 6.09. The summed E-state index contributed by atoms with van der Waals surface area (Å²) in [4.78, 5) is 12.4. The molecule has 1 saturated heterocycles. The minimum atomic E-state index is 0.0418. The zero-order chi connectivity index (χ0) is 13.9. The van der Waals surface area contributed by atoms with E-state index in [0.717, 1.165) is 23.5 Å². The molecule has 0 aromatic heterocycles. The molecule has 1 heterocycles. The molecule has 2 aromatic rings. The fraction of sp³-hybridized carbons (Fsp3) is 0.235. The second-order valence-corrected chi connectivity index (χ2v) is 4.93. The van der Waals surface area contributed by atoms with E-state index in [-0.39, 0.29) is 11.9 Å². The Morgan fingerprint density at radius 1 is 1.20 bits per heavy atom. The van der Waals surface area contributed by atoms with Gasteiger partial charge in [-0.25, -0.2) is 0 Å². The van der Waals surface area contributed by atoms with Gasteiger partial charge in [0.1, 0.15) is 18.5 Å². The Morgan fingerprint density at radius 2 is 1.90 bits per heavy atom. The summed E-state index contributed by atoms with van der Waals surface area (Å²) in [5.41, 5.74) is 2.41. The molecule has 1 aliphatic rings. The van der Waals surface area contributed by atoms with E-state index < -0.39 is 0 Å². The first-order valence-corrected chi connectivity index (χ1v) is 6.69. The Labute approximate surface area is 118 Å². The number of rotatable bonds is 5. The second kappa shape index (κ2) is 5.47. The second-order valence-electron chi connectivity index (χ2n) is 4.93. The van der Waals surface area contributed by atoms with Crippen LogP contribution in [0.15, 0.2) is 48.5 Å². The van der Waals surface area contributed by atoms with Crippen molar-refractivity contribution < 1.29 is 14.3 Å². The maximum atomic E-state index is 12.4. The Morgan fingerprint density at radius 3 is 2.55 bits per heavy atom. The van der Waals surface area contributed by atoms with Gasteiger partial charge in [0.2, 0.25) is 0 Å². The lowest BCUT2D eigenvalue weighted by atomic mass is 9.99. The molecular weight excluding hydrogens is 252 g/mol. The minimum Gasteiger partial charge on any atom is -0.491 e. The third-order valence-corrected chi connectivity index (χ3v) is 3.34. The van der Waals surface area contributed by atoms with Crippen molar-refractivity contribution in [3.63, 3.8) is 0 Å². The van der Waals surface area contributed by atoms with Gasteiger partial charge in [-0.2, -0.15) is 0 Å². The first kappa shape index (κ1) is 12.9. The SMILES string of the molecule is Cc1ccccc1C(=O)c1ccc(OCC2CO2)cc1. The highest BCUT2D eigenvalue weighted by atomic mass is 16.6. The highest BCUT2D eigenvalue weighted by Crippen LogP contribution is 2.19. The number of epoxide rings is 1. The van der Waals surface area contributed by atoms with Gasteiger partial charge in [0, 0.05) is 11.1 Å². The van der Waals surface area contributed by atoms with Gasteiger partial charge >= 0.3 is 0 Å². The number of benzene rings is 2. The van der Waals surface area contributed by atoms with Gasteiger partial charge in [-0.3, -0.25) is 4.79 Å². The highest BCUT2D eigenvalue weighted by Gasteiger charge is 2.23. The van der Waals surface area contributed by atoms with Crippen LogP contribution < -0.4 is 4.74 Å². The lowest BCUT2D eigenvalue weighted by Gasteiger charge is -2.07. The number of hydrogen-bond acceptors (Lipinski definition) is 3. The van der Waals surface area contributed by atoms with Crippen molar-refractivity contribution in [2.75, 3.05) is 13.2 Å². The number of carbonyl (C=O) groups excluding carboxylic acids is 1. The molecule has 102 valence electrons. The van der Waals surface area contributed by atoms with Crippen molar-refractivity contribution in [1.29, 1.82) is 0 Å². The van der Waals surface area contributed by atoms with Crippen LogP contribution in [0.1, 0.15) is 21.5 Å². The standard InChI is InChI=1S/C17H16O3/c1-12-4-2-3-5-16(12)17(18)13-6-8-14(9-7-13)19-10-15-11-20-15/h2-9,15H,10-11H2,1H3. The maximum Gasteiger partial charge on any atom is 0.193 e. The zero-order valence-electron chi connectivity index (χ0n) is 11.3. The fourth-order valence-corrected chi connectivity index (χ4v) is 2.04. The normalized spacial score (nSPS) is 16.8. The van der Waals surface area contributed by atoms with E-state index in [0.29, 0.717) is 12.2 Å². The van der Waals surface area contributed by atoms with E-state index in [4.69, 9.17) is 9.47 Å². The molecule has 0 aliphatic carbocycles. The predicted octanol–water partition coefficient (Wildman–Crippen LogP) is 3.00. The molecule has 0 radical (unpaired) electrons. The van der Waals surface area contributed by atoms with Crippen molar-refractivity contribution in [3.05, 3.63) is 65.2 Å². The van der Waals surface area contributed by atoms with Crippen LogP contribution in [-0.4, -0.2) is 25.1 Å². The van der Waals surface area contributed by atoms with E-state index in [1.54, 1.807) is 12.1 Å². The van der Waals surface area contributed by atoms with Crippen molar-refractivity contribution in [1.82, 2.24) is 0 Å². The third kappa shape index (κ3) is 2.89. The summed E-state index contributed by atoms with van der Waals surface area (Å²) in [6, 6.07) is 14.9. The van der Waals surface area contributed by atoms with Crippen LogP contribution in [0.3, 0.4) is 0 Å². The lowest BCUT2D eigenvalue weighted by Crippen LogP contribution is -2.05. The first-order chi connectivity index (χ1) is 9.74. The van der Waals surface area contributed by atoms with Crippen LogP contribution in [0.5, 0.6) is 5.75 Å². The number of hydrogen-bond donors (Lipinski definition) is 0. The van der Waals surface area contributed by atoms with Crippen molar-refractivity contribution in [2.24, 2.45) is 0 Å². The van der Waals surface area contributed by atoms with Crippen molar-refractivity contribution in [2.45, 2.75) is 13.0 Å². The van der Waals surface area contributed by atoms with Crippen LogP contribution in [0.25, 0.3) is 0 Å². The van der Waals surface area contributed by atoms with Gasteiger partial charge in [0.05, 0.1) is 6.61 Å². The Bertz CT molecular complexity index is 612. The summed E-state index contributed by atoms with van der Waals surface area (Å²) in [5, 5.41) is 0. The van der Waals surface area contributed by atoms with Crippen LogP contribution in [0, 0.1) is 6.92 Å².